The zero-order valence-corrected chi connectivity index (χ0v) is 12.1. The van der Waals surface area contributed by atoms with Gasteiger partial charge in [-0.3, -0.25) is 9.48 Å². The third-order valence-corrected chi connectivity index (χ3v) is 4.01. The minimum absolute atomic E-state index is 0.0972. The topological polar surface area (TPSA) is 77.0 Å². The average molecular weight is 285 g/mol. The van der Waals surface area contributed by atoms with Crippen LogP contribution in [-0.4, -0.2) is 39.4 Å². The van der Waals surface area contributed by atoms with E-state index in [2.05, 4.69) is 22.4 Å². The molecule has 1 aromatic carbocycles. The molecule has 0 bridgehead atoms. The first-order valence-electron chi connectivity index (χ1n) is 7.16. The monoisotopic (exact) mass is 285 g/mol. The number of carbonyl (C=O) groups excluding carboxylic acids is 1. The van der Waals surface area contributed by atoms with Gasteiger partial charge in [0.25, 0.3) is 5.91 Å². The lowest BCUT2D eigenvalue weighted by Crippen LogP contribution is -2.30. The maximum absolute atomic E-state index is 12.5. The highest BCUT2D eigenvalue weighted by atomic mass is 16.2. The van der Waals surface area contributed by atoms with Crippen LogP contribution in [0.5, 0.6) is 0 Å². The third kappa shape index (κ3) is 2.54. The largest absolute Gasteiger partial charge is 0.333 e. The van der Waals surface area contributed by atoms with E-state index in [1.54, 1.807) is 15.8 Å². The fourth-order valence-corrected chi connectivity index (χ4v) is 2.90. The number of aromatic nitrogens is 3. The van der Waals surface area contributed by atoms with Crippen LogP contribution >= 0.6 is 0 Å². The van der Waals surface area contributed by atoms with Gasteiger partial charge in [-0.05, 0) is 24.0 Å². The Bertz CT molecular complexity index is 651. The molecule has 110 valence electrons. The predicted molar refractivity (Wildman–Crippen MR) is 78.7 cm³/mol. The van der Waals surface area contributed by atoms with Crippen molar-refractivity contribution >= 4 is 5.91 Å². The van der Waals surface area contributed by atoms with Gasteiger partial charge in [0, 0.05) is 13.6 Å². The number of fused-ring (bicyclic) bond motifs is 1. The summed E-state index contributed by atoms with van der Waals surface area (Å²) in [5.74, 6) is -0.0972. The van der Waals surface area contributed by atoms with Crippen molar-refractivity contribution < 1.29 is 4.79 Å². The van der Waals surface area contributed by atoms with Gasteiger partial charge in [-0.25, -0.2) is 0 Å². The molecular weight excluding hydrogens is 266 g/mol. The Kier molecular flexibility index (Phi) is 3.70. The van der Waals surface area contributed by atoms with Gasteiger partial charge in [0.05, 0.1) is 18.8 Å². The molecule has 0 saturated heterocycles. The van der Waals surface area contributed by atoms with Crippen LogP contribution in [0.1, 0.15) is 34.1 Å². The highest BCUT2D eigenvalue weighted by Gasteiger charge is 2.29. The minimum atomic E-state index is -0.0972. The lowest BCUT2D eigenvalue weighted by Gasteiger charge is -2.24. The second-order valence-corrected chi connectivity index (χ2v) is 5.32. The van der Waals surface area contributed by atoms with Gasteiger partial charge >= 0.3 is 0 Å². The number of nitrogens with zero attached hydrogens (tertiary/aromatic N) is 4. The quantitative estimate of drug-likeness (QED) is 0.909. The Labute approximate surface area is 123 Å². The molecule has 1 amide bonds. The first kappa shape index (κ1) is 13.8. The molecule has 1 unspecified atom stereocenters. The second-order valence-electron chi connectivity index (χ2n) is 5.32. The first-order valence-corrected chi connectivity index (χ1v) is 7.16. The molecule has 1 heterocycles. The number of aryl methyl sites for hydroxylation is 1. The summed E-state index contributed by atoms with van der Waals surface area (Å²) in [4.78, 5) is 14.3. The van der Waals surface area contributed by atoms with E-state index in [1.165, 1.54) is 11.1 Å². The Balaban J connectivity index is 1.79. The summed E-state index contributed by atoms with van der Waals surface area (Å²) in [6.07, 6.45) is 3.63. The molecule has 2 aromatic rings. The SMILES string of the molecule is CN(C(=O)c1cn(CCN)nn1)C1CCc2ccccc21. The van der Waals surface area contributed by atoms with E-state index in [4.69, 9.17) is 5.73 Å². The molecule has 0 radical (unpaired) electrons. The van der Waals surface area contributed by atoms with Crippen LogP contribution in [0.15, 0.2) is 30.5 Å². The summed E-state index contributed by atoms with van der Waals surface area (Å²) in [5.41, 5.74) is 8.41. The van der Waals surface area contributed by atoms with E-state index in [9.17, 15) is 4.79 Å². The summed E-state index contributed by atoms with van der Waals surface area (Å²) >= 11 is 0. The number of amides is 1. The molecule has 3 rings (SSSR count). The summed E-state index contributed by atoms with van der Waals surface area (Å²) in [5, 5.41) is 7.87. The summed E-state index contributed by atoms with van der Waals surface area (Å²) in [6.45, 7) is 1.04. The van der Waals surface area contributed by atoms with E-state index < -0.39 is 0 Å². The van der Waals surface area contributed by atoms with Crippen molar-refractivity contribution in [3.05, 3.63) is 47.3 Å². The predicted octanol–water partition coefficient (Wildman–Crippen LogP) is 0.996. The van der Waals surface area contributed by atoms with E-state index >= 15 is 0 Å². The molecule has 1 aromatic heterocycles. The Morgan fingerprint density at radius 1 is 1.48 bits per heavy atom. The number of hydrogen-bond acceptors (Lipinski definition) is 4. The van der Waals surface area contributed by atoms with Crippen LogP contribution in [0.3, 0.4) is 0 Å². The lowest BCUT2D eigenvalue weighted by molar-refractivity contribution is 0.0724. The normalized spacial score (nSPS) is 16.8. The number of benzene rings is 1. The van der Waals surface area contributed by atoms with Gasteiger partial charge in [-0.15, -0.1) is 5.10 Å². The second kappa shape index (κ2) is 5.65. The third-order valence-electron chi connectivity index (χ3n) is 4.01. The van der Waals surface area contributed by atoms with Crippen molar-refractivity contribution in [1.29, 1.82) is 0 Å². The molecule has 1 aliphatic carbocycles. The van der Waals surface area contributed by atoms with Crippen LogP contribution in [0.2, 0.25) is 0 Å². The molecule has 1 atom stereocenters. The molecule has 21 heavy (non-hydrogen) atoms. The number of carbonyl (C=O) groups is 1. The number of nitrogens with two attached hydrogens (primary N) is 1. The van der Waals surface area contributed by atoms with Gasteiger partial charge in [-0.2, -0.15) is 0 Å². The standard InChI is InChI=1S/C15H19N5O/c1-19(14-7-6-11-4-2-3-5-12(11)14)15(21)13-10-20(9-8-16)18-17-13/h2-5,10,14H,6-9,16H2,1H3. The fraction of sp³-hybridized carbons (Fsp3) is 0.400. The van der Waals surface area contributed by atoms with Crippen molar-refractivity contribution in [1.82, 2.24) is 19.9 Å². The molecule has 0 saturated carbocycles. The van der Waals surface area contributed by atoms with Crippen LogP contribution in [0, 0.1) is 0 Å². The van der Waals surface area contributed by atoms with Gasteiger partial charge in [0.2, 0.25) is 0 Å². The highest BCUT2D eigenvalue weighted by molar-refractivity contribution is 5.92. The molecule has 0 fully saturated rings. The summed E-state index contributed by atoms with van der Waals surface area (Å²) in [6, 6.07) is 8.41. The fourth-order valence-electron chi connectivity index (χ4n) is 2.90. The van der Waals surface area contributed by atoms with Crippen LogP contribution < -0.4 is 5.73 Å². The van der Waals surface area contributed by atoms with Crippen molar-refractivity contribution in [3.63, 3.8) is 0 Å². The maximum Gasteiger partial charge on any atom is 0.276 e. The van der Waals surface area contributed by atoms with E-state index in [1.807, 2.05) is 19.2 Å². The lowest BCUT2D eigenvalue weighted by atomic mass is 10.1. The molecule has 0 aliphatic heterocycles. The van der Waals surface area contributed by atoms with Crippen LogP contribution in [-0.2, 0) is 13.0 Å². The molecule has 6 nitrogen and oxygen atoms in total. The number of hydrogen-bond donors (Lipinski definition) is 1. The van der Waals surface area contributed by atoms with E-state index in [-0.39, 0.29) is 11.9 Å². The Morgan fingerprint density at radius 3 is 3.10 bits per heavy atom. The van der Waals surface area contributed by atoms with E-state index in [0.29, 0.717) is 18.8 Å². The number of rotatable bonds is 4. The molecule has 6 heteroatoms. The van der Waals surface area contributed by atoms with Gasteiger partial charge in [0.1, 0.15) is 0 Å². The molecule has 0 spiro atoms. The van der Waals surface area contributed by atoms with E-state index in [0.717, 1.165) is 12.8 Å². The van der Waals surface area contributed by atoms with Crippen molar-refractivity contribution in [2.24, 2.45) is 5.73 Å². The summed E-state index contributed by atoms with van der Waals surface area (Å²) < 4.78 is 1.60. The van der Waals surface area contributed by atoms with Gasteiger partial charge in [0.15, 0.2) is 5.69 Å². The zero-order chi connectivity index (χ0) is 14.8. The van der Waals surface area contributed by atoms with Gasteiger partial charge < -0.3 is 10.6 Å². The van der Waals surface area contributed by atoms with Crippen molar-refractivity contribution in [3.8, 4) is 0 Å². The van der Waals surface area contributed by atoms with Crippen molar-refractivity contribution in [2.45, 2.75) is 25.4 Å². The summed E-state index contributed by atoms with van der Waals surface area (Å²) in [7, 11) is 1.83. The van der Waals surface area contributed by atoms with Crippen LogP contribution in [0.4, 0.5) is 0 Å². The van der Waals surface area contributed by atoms with Crippen LogP contribution in [0.25, 0.3) is 0 Å². The zero-order valence-electron chi connectivity index (χ0n) is 12.1. The molecular formula is C15H19N5O. The smallest absolute Gasteiger partial charge is 0.276 e. The minimum Gasteiger partial charge on any atom is -0.333 e. The Hall–Kier alpha value is -2.21. The van der Waals surface area contributed by atoms with Crippen molar-refractivity contribution in [2.75, 3.05) is 13.6 Å². The molecule has 1 aliphatic rings. The molecule has 2 N–H and O–H groups in total. The average Bonchev–Trinajstić information content (AvgIpc) is 3.13. The van der Waals surface area contributed by atoms with Gasteiger partial charge in [-0.1, -0.05) is 29.5 Å². The maximum atomic E-state index is 12.5. The Morgan fingerprint density at radius 2 is 2.29 bits per heavy atom. The first-order chi connectivity index (χ1) is 10.2. The highest BCUT2D eigenvalue weighted by Crippen LogP contribution is 2.35.